The first-order chi connectivity index (χ1) is 8.06. The molecule has 2 aliphatic rings. The molecule has 2 N–H and O–H groups in total. The number of hydrogen-bond acceptors (Lipinski definition) is 4. The highest BCUT2D eigenvalue weighted by Gasteiger charge is 2.42. The number of urea groups is 1. The van der Waals surface area contributed by atoms with Crippen LogP contribution in [-0.4, -0.2) is 41.2 Å². The lowest BCUT2D eigenvalue weighted by Gasteiger charge is -2.16. The van der Waals surface area contributed by atoms with Crippen molar-refractivity contribution >= 4 is 23.8 Å². The van der Waals surface area contributed by atoms with Gasteiger partial charge >= 0.3 is 12.0 Å². The number of thioether (sulfide) groups is 1. The van der Waals surface area contributed by atoms with Gasteiger partial charge in [-0.2, -0.15) is 11.8 Å². The molecule has 0 saturated carbocycles. The number of amides is 2. The van der Waals surface area contributed by atoms with Gasteiger partial charge in [-0.05, 0) is 20.3 Å². The SMILES string of the molecule is CC(C)OC(=O)CCC1SCC2NC(=O)NC21. The molecule has 2 saturated heterocycles. The van der Waals surface area contributed by atoms with Crippen molar-refractivity contribution in [2.24, 2.45) is 0 Å². The van der Waals surface area contributed by atoms with Crippen LogP contribution in [0, 0.1) is 0 Å². The summed E-state index contributed by atoms with van der Waals surface area (Å²) in [6.07, 6.45) is 1.13. The molecule has 6 heteroatoms. The van der Waals surface area contributed by atoms with Gasteiger partial charge in [0.1, 0.15) is 0 Å². The van der Waals surface area contributed by atoms with Crippen LogP contribution in [0.1, 0.15) is 26.7 Å². The maximum absolute atomic E-state index is 11.4. The molecule has 0 aliphatic carbocycles. The van der Waals surface area contributed by atoms with Crippen molar-refractivity contribution in [3.05, 3.63) is 0 Å². The van der Waals surface area contributed by atoms with Gasteiger partial charge < -0.3 is 15.4 Å². The van der Waals surface area contributed by atoms with E-state index >= 15 is 0 Å². The molecule has 5 nitrogen and oxygen atoms in total. The van der Waals surface area contributed by atoms with Crippen LogP contribution in [0.5, 0.6) is 0 Å². The zero-order valence-electron chi connectivity index (χ0n) is 10.1. The number of rotatable bonds is 4. The number of carbonyl (C=O) groups excluding carboxylic acids is 2. The predicted molar refractivity (Wildman–Crippen MR) is 66.0 cm³/mol. The lowest BCUT2D eigenvalue weighted by atomic mass is 10.0. The molecule has 0 aromatic rings. The van der Waals surface area contributed by atoms with Crippen molar-refractivity contribution in [2.75, 3.05) is 5.75 Å². The minimum Gasteiger partial charge on any atom is -0.463 e. The summed E-state index contributed by atoms with van der Waals surface area (Å²) in [5, 5.41) is 6.10. The van der Waals surface area contributed by atoms with Crippen LogP contribution >= 0.6 is 11.8 Å². The Morgan fingerprint density at radius 3 is 3.00 bits per heavy atom. The molecular weight excluding hydrogens is 240 g/mol. The van der Waals surface area contributed by atoms with Gasteiger partial charge in [0, 0.05) is 17.4 Å². The highest BCUT2D eigenvalue weighted by Crippen LogP contribution is 2.32. The number of ether oxygens (including phenoxy) is 1. The second-order valence-electron chi connectivity index (χ2n) is 4.70. The topological polar surface area (TPSA) is 67.4 Å². The number of nitrogens with one attached hydrogen (secondary N) is 2. The molecule has 0 bridgehead atoms. The average Bonchev–Trinajstić information content (AvgIpc) is 2.73. The van der Waals surface area contributed by atoms with Crippen LogP contribution in [0.15, 0.2) is 0 Å². The van der Waals surface area contributed by atoms with E-state index in [9.17, 15) is 9.59 Å². The van der Waals surface area contributed by atoms with Gasteiger partial charge in [0.2, 0.25) is 0 Å². The molecule has 17 heavy (non-hydrogen) atoms. The summed E-state index contributed by atoms with van der Waals surface area (Å²) in [5.74, 6) is 0.772. The summed E-state index contributed by atoms with van der Waals surface area (Å²) in [4.78, 5) is 22.6. The molecule has 2 heterocycles. The summed E-state index contributed by atoms with van der Waals surface area (Å²) >= 11 is 1.81. The van der Waals surface area contributed by atoms with E-state index < -0.39 is 0 Å². The number of carbonyl (C=O) groups is 2. The van der Waals surface area contributed by atoms with E-state index in [-0.39, 0.29) is 30.2 Å². The zero-order valence-corrected chi connectivity index (χ0v) is 10.9. The largest absolute Gasteiger partial charge is 0.463 e. The Balaban J connectivity index is 1.77. The normalized spacial score (nSPS) is 31.0. The Hall–Kier alpha value is -0.910. The van der Waals surface area contributed by atoms with Crippen molar-refractivity contribution in [3.8, 4) is 0 Å². The molecule has 2 fully saturated rings. The minimum atomic E-state index is -0.152. The van der Waals surface area contributed by atoms with Gasteiger partial charge in [-0.25, -0.2) is 4.79 Å². The van der Waals surface area contributed by atoms with Gasteiger partial charge in [-0.1, -0.05) is 0 Å². The van der Waals surface area contributed by atoms with Crippen LogP contribution in [0.25, 0.3) is 0 Å². The molecule has 96 valence electrons. The van der Waals surface area contributed by atoms with Crippen molar-refractivity contribution in [1.29, 1.82) is 0 Å². The second-order valence-corrected chi connectivity index (χ2v) is 5.97. The first-order valence-corrected chi connectivity index (χ1v) is 6.99. The Labute approximate surface area is 105 Å². The highest BCUT2D eigenvalue weighted by atomic mass is 32.2. The summed E-state index contributed by atoms with van der Waals surface area (Å²) in [5.41, 5.74) is 0. The summed E-state index contributed by atoms with van der Waals surface area (Å²) < 4.78 is 5.09. The Kier molecular flexibility index (Phi) is 3.81. The number of hydrogen-bond donors (Lipinski definition) is 2. The molecule has 2 rings (SSSR count). The lowest BCUT2D eigenvalue weighted by molar-refractivity contribution is -0.147. The van der Waals surface area contributed by atoms with Crippen LogP contribution in [0.4, 0.5) is 4.79 Å². The standard InChI is InChI=1S/C11H18N2O3S/c1-6(2)16-9(14)4-3-8-10-7(5-17-8)12-11(15)13-10/h6-8,10H,3-5H2,1-2H3,(H2,12,13,15). The monoisotopic (exact) mass is 258 g/mol. The Morgan fingerprint density at radius 1 is 1.53 bits per heavy atom. The Bertz CT molecular complexity index is 322. The number of fused-ring (bicyclic) bond motifs is 1. The number of esters is 1. The fraction of sp³-hybridized carbons (Fsp3) is 0.818. The van der Waals surface area contributed by atoms with Gasteiger partial charge in [-0.15, -0.1) is 0 Å². The van der Waals surface area contributed by atoms with E-state index in [4.69, 9.17) is 4.74 Å². The predicted octanol–water partition coefficient (Wildman–Crippen LogP) is 0.884. The van der Waals surface area contributed by atoms with Crippen molar-refractivity contribution in [1.82, 2.24) is 10.6 Å². The Morgan fingerprint density at radius 2 is 2.29 bits per heavy atom. The average molecular weight is 258 g/mol. The molecule has 2 aliphatic heterocycles. The fourth-order valence-electron chi connectivity index (χ4n) is 2.22. The van der Waals surface area contributed by atoms with Crippen LogP contribution in [-0.2, 0) is 9.53 Å². The molecule has 0 aromatic heterocycles. The maximum atomic E-state index is 11.4. The maximum Gasteiger partial charge on any atom is 0.315 e. The lowest BCUT2D eigenvalue weighted by Crippen LogP contribution is -2.37. The van der Waals surface area contributed by atoms with E-state index in [1.54, 1.807) is 0 Å². The van der Waals surface area contributed by atoms with E-state index in [1.165, 1.54) is 0 Å². The third kappa shape index (κ3) is 3.06. The quantitative estimate of drug-likeness (QED) is 0.580. The van der Waals surface area contributed by atoms with E-state index in [0.717, 1.165) is 12.2 Å². The van der Waals surface area contributed by atoms with E-state index in [2.05, 4.69) is 10.6 Å². The molecule has 0 radical (unpaired) electrons. The summed E-state index contributed by atoms with van der Waals surface area (Å²) in [6.45, 7) is 3.69. The molecule has 0 spiro atoms. The zero-order chi connectivity index (χ0) is 12.4. The van der Waals surface area contributed by atoms with Crippen molar-refractivity contribution in [3.63, 3.8) is 0 Å². The molecule has 3 unspecified atom stereocenters. The van der Waals surface area contributed by atoms with Crippen LogP contribution in [0.3, 0.4) is 0 Å². The van der Waals surface area contributed by atoms with Crippen LogP contribution < -0.4 is 10.6 Å². The van der Waals surface area contributed by atoms with E-state index in [1.807, 2.05) is 25.6 Å². The minimum absolute atomic E-state index is 0.0562. The smallest absolute Gasteiger partial charge is 0.315 e. The first-order valence-electron chi connectivity index (χ1n) is 5.94. The summed E-state index contributed by atoms with van der Waals surface area (Å²) in [6, 6.07) is 0.299. The van der Waals surface area contributed by atoms with Crippen LogP contribution in [0.2, 0.25) is 0 Å². The molecular formula is C11H18N2O3S. The third-order valence-corrected chi connectivity index (χ3v) is 4.45. The molecule has 0 aromatic carbocycles. The summed E-state index contributed by atoms with van der Waals surface area (Å²) in [7, 11) is 0. The van der Waals surface area contributed by atoms with Gasteiger partial charge in [0.15, 0.2) is 0 Å². The van der Waals surface area contributed by atoms with E-state index in [0.29, 0.717) is 11.7 Å². The molecule has 2 amide bonds. The van der Waals surface area contributed by atoms with Gasteiger partial charge in [0.25, 0.3) is 0 Å². The van der Waals surface area contributed by atoms with Gasteiger partial charge in [-0.3, -0.25) is 4.79 Å². The third-order valence-electron chi connectivity index (χ3n) is 2.94. The second kappa shape index (κ2) is 5.16. The van der Waals surface area contributed by atoms with Gasteiger partial charge in [0.05, 0.1) is 18.2 Å². The fourth-order valence-corrected chi connectivity index (χ4v) is 3.72. The highest BCUT2D eigenvalue weighted by molar-refractivity contribution is 8.00. The molecule has 3 atom stereocenters. The first kappa shape index (κ1) is 12.5. The van der Waals surface area contributed by atoms with Crippen molar-refractivity contribution < 1.29 is 14.3 Å². The van der Waals surface area contributed by atoms with Crippen molar-refractivity contribution in [2.45, 2.75) is 50.1 Å².